The Morgan fingerprint density at radius 2 is 1.91 bits per heavy atom. The van der Waals surface area contributed by atoms with E-state index in [1.807, 2.05) is 4.90 Å². The predicted octanol–water partition coefficient (Wildman–Crippen LogP) is 3.49. The molecule has 8 nitrogen and oxygen atoms in total. The van der Waals surface area contributed by atoms with E-state index in [9.17, 15) is 4.79 Å². The van der Waals surface area contributed by atoms with Crippen LogP contribution >= 0.6 is 0 Å². The molecule has 5 rings (SSSR count). The fraction of sp³-hybridized carbons (Fsp3) is 0.480. The minimum absolute atomic E-state index is 0.116. The molecule has 0 aliphatic carbocycles. The summed E-state index contributed by atoms with van der Waals surface area (Å²) in [5.41, 5.74) is 4.50. The molecule has 1 aromatic carbocycles. The summed E-state index contributed by atoms with van der Waals surface area (Å²) in [7, 11) is 0. The van der Waals surface area contributed by atoms with Crippen molar-refractivity contribution in [1.82, 2.24) is 25.2 Å². The Kier molecular flexibility index (Phi) is 6.07. The van der Waals surface area contributed by atoms with Gasteiger partial charge in [0, 0.05) is 43.4 Å². The van der Waals surface area contributed by atoms with E-state index < -0.39 is 0 Å². The van der Waals surface area contributed by atoms with Gasteiger partial charge in [0.25, 0.3) is 5.91 Å². The average Bonchev–Trinajstić information content (AvgIpc) is 3.28. The number of fused-ring (bicyclic) bond motifs is 1. The number of aryl methyl sites for hydroxylation is 2. The number of benzene rings is 1. The Morgan fingerprint density at radius 1 is 1.06 bits per heavy atom. The van der Waals surface area contributed by atoms with Crippen LogP contribution in [-0.2, 0) is 12.8 Å². The van der Waals surface area contributed by atoms with Crippen molar-refractivity contribution in [3.05, 3.63) is 64.4 Å². The van der Waals surface area contributed by atoms with Gasteiger partial charge in [-0.1, -0.05) is 35.5 Å². The summed E-state index contributed by atoms with van der Waals surface area (Å²) in [4.78, 5) is 27.2. The second-order valence-corrected chi connectivity index (χ2v) is 9.08. The molecule has 0 radical (unpaired) electrons. The van der Waals surface area contributed by atoms with Crippen LogP contribution in [0.3, 0.4) is 0 Å². The fourth-order valence-corrected chi connectivity index (χ4v) is 4.97. The van der Waals surface area contributed by atoms with E-state index >= 15 is 0 Å². The lowest BCUT2D eigenvalue weighted by Crippen LogP contribution is -2.40. The van der Waals surface area contributed by atoms with E-state index in [0.717, 1.165) is 62.5 Å². The van der Waals surface area contributed by atoms with E-state index in [-0.39, 0.29) is 11.8 Å². The Bertz CT molecular complexity index is 1130. The number of carbonyl (C=O) groups excluding carboxylic acids is 1. The van der Waals surface area contributed by atoms with Crippen molar-refractivity contribution in [3.8, 4) is 0 Å². The van der Waals surface area contributed by atoms with Gasteiger partial charge in [0.05, 0.1) is 0 Å². The summed E-state index contributed by atoms with van der Waals surface area (Å²) < 4.78 is 4.74. The Hall–Kier alpha value is -3.29. The van der Waals surface area contributed by atoms with E-state index in [4.69, 9.17) is 14.6 Å². The molecule has 0 spiro atoms. The number of rotatable bonds is 5. The van der Waals surface area contributed by atoms with Crippen molar-refractivity contribution in [3.63, 3.8) is 0 Å². The molecule has 0 saturated carbocycles. The molecule has 172 valence electrons. The van der Waals surface area contributed by atoms with Gasteiger partial charge in [-0.3, -0.25) is 4.79 Å². The number of hydrogen-bond donors (Lipinski definition) is 0. The molecule has 8 heteroatoms. The minimum atomic E-state index is -0.127. The zero-order valence-electron chi connectivity index (χ0n) is 19.3. The van der Waals surface area contributed by atoms with Crippen LogP contribution in [0.25, 0.3) is 0 Å². The van der Waals surface area contributed by atoms with Crippen LogP contribution < -0.4 is 4.90 Å². The zero-order chi connectivity index (χ0) is 22.8. The molecule has 2 aliphatic heterocycles. The maximum atomic E-state index is 12.9. The van der Waals surface area contributed by atoms with Gasteiger partial charge in [-0.05, 0) is 56.7 Å². The number of piperidine rings is 1. The standard InChI is InChI=1S/C25H30N6O2/c1-17-21-11-7-13-30(15-12-19-8-4-3-5-9-19)24(21)27-23(26-17)20-10-6-14-31(16-20)25(32)22-18(2)28-33-29-22/h3-5,8-9,20H,6-7,10-16H2,1-2H3/t20-/m0/s1. The Balaban J connectivity index is 1.36. The van der Waals surface area contributed by atoms with Gasteiger partial charge < -0.3 is 9.80 Å². The number of hydrogen-bond acceptors (Lipinski definition) is 7. The molecule has 3 aromatic rings. The van der Waals surface area contributed by atoms with Crippen LogP contribution in [0.15, 0.2) is 35.0 Å². The summed E-state index contributed by atoms with van der Waals surface area (Å²) in [5, 5.41) is 7.55. The highest BCUT2D eigenvalue weighted by Crippen LogP contribution is 2.32. The van der Waals surface area contributed by atoms with Gasteiger partial charge >= 0.3 is 0 Å². The number of nitrogens with zero attached hydrogens (tertiary/aromatic N) is 6. The zero-order valence-corrected chi connectivity index (χ0v) is 19.3. The molecule has 2 aromatic heterocycles. The van der Waals surface area contributed by atoms with Gasteiger partial charge in [-0.25, -0.2) is 14.6 Å². The van der Waals surface area contributed by atoms with E-state index in [1.165, 1.54) is 11.1 Å². The highest BCUT2D eigenvalue weighted by Gasteiger charge is 2.31. The lowest BCUT2D eigenvalue weighted by Gasteiger charge is -2.34. The molecule has 1 saturated heterocycles. The van der Waals surface area contributed by atoms with Crippen molar-refractivity contribution in [2.45, 2.75) is 51.9 Å². The SMILES string of the molecule is Cc1nonc1C(=O)N1CCC[C@H](c2nc(C)c3c(n2)N(CCc2ccccc2)CCC3)C1. The monoisotopic (exact) mass is 446 g/mol. The maximum Gasteiger partial charge on any atom is 0.278 e. The van der Waals surface area contributed by atoms with Crippen LogP contribution in [0.5, 0.6) is 0 Å². The maximum absolute atomic E-state index is 12.9. The van der Waals surface area contributed by atoms with E-state index in [1.54, 1.807) is 6.92 Å². The number of likely N-dealkylation sites (tertiary alicyclic amines) is 1. The van der Waals surface area contributed by atoms with Crippen LogP contribution in [-0.4, -0.2) is 57.3 Å². The number of aromatic nitrogens is 4. The second-order valence-electron chi connectivity index (χ2n) is 9.08. The summed E-state index contributed by atoms with van der Waals surface area (Å²) in [5.74, 6) is 1.92. The van der Waals surface area contributed by atoms with Crippen molar-refractivity contribution < 1.29 is 9.42 Å². The highest BCUT2D eigenvalue weighted by molar-refractivity contribution is 5.93. The summed E-state index contributed by atoms with van der Waals surface area (Å²) in [6.07, 6.45) is 5.04. The first-order chi connectivity index (χ1) is 16.1. The van der Waals surface area contributed by atoms with Gasteiger partial charge in [0.2, 0.25) is 0 Å². The molecular weight excluding hydrogens is 416 g/mol. The van der Waals surface area contributed by atoms with Gasteiger partial charge in [0.15, 0.2) is 5.69 Å². The van der Waals surface area contributed by atoms with Crippen molar-refractivity contribution in [2.24, 2.45) is 0 Å². The molecule has 4 heterocycles. The Labute approximate surface area is 194 Å². The van der Waals surface area contributed by atoms with Crippen LogP contribution in [0, 0.1) is 13.8 Å². The summed E-state index contributed by atoms with van der Waals surface area (Å²) in [6, 6.07) is 10.6. The summed E-state index contributed by atoms with van der Waals surface area (Å²) in [6.45, 7) is 7.10. The third-order valence-corrected chi connectivity index (χ3v) is 6.81. The number of anilines is 1. The lowest BCUT2D eigenvalue weighted by molar-refractivity contribution is 0.0692. The predicted molar refractivity (Wildman–Crippen MR) is 124 cm³/mol. The smallest absolute Gasteiger partial charge is 0.278 e. The summed E-state index contributed by atoms with van der Waals surface area (Å²) >= 11 is 0. The number of carbonyl (C=O) groups is 1. The van der Waals surface area contributed by atoms with Crippen molar-refractivity contribution in [2.75, 3.05) is 31.1 Å². The van der Waals surface area contributed by atoms with E-state index in [2.05, 4.69) is 52.5 Å². The molecule has 1 atom stereocenters. The quantitative estimate of drug-likeness (QED) is 0.593. The molecule has 2 aliphatic rings. The molecular formula is C25H30N6O2. The first kappa shape index (κ1) is 21.6. The lowest BCUT2D eigenvalue weighted by atomic mass is 9.95. The van der Waals surface area contributed by atoms with Gasteiger partial charge in [-0.15, -0.1) is 0 Å². The molecule has 0 bridgehead atoms. The van der Waals surface area contributed by atoms with Gasteiger partial charge in [0.1, 0.15) is 17.3 Å². The van der Waals surface area contributed by atoms with Gasteiger partial charge in [-0.2, -0.15) is 0 Å². The fourth-order valence-electron chi connectivity index (χ4n) is 4.97. The van der Waals surface area contributed by atoms with E-state index in [0.29, 0.717) is 24.5 Å². The molecule has 0 N–H and O–H groups in total. The van der Waals surface area contributed by atoms with Crippen molar-refractivity contribution >= 4 is 11.7 Å². The third-order valence-electron chi connectivity index (χ3n) is 6.81. The number of amides is 1. The Morgan fingerprint density at radius 3 is 2.70 bits per heavy atom. The van der Waals surface area contributed by atoms with Crippen molar-refractivity contribution in [1.29, 1.82) is 0 Å². The average molecular weight is 447 g/mol. The topological polar surface area (TPSA) is 88.2 Å². The van der Waals surface area contributed by atoms with Crippen LogP contribution in [0.4, 0.5) is 5.82 Å². The third kappa shape index (κ3) is 4.47. The minimum Gasteiger partial charge on any atom is -0.356 e. The normalized spacial score (nSPS) is 18.3. The molecule has 1 amide bonds. The first-order valence-electron chi connectivity index (χ1n) is 11.8. The van der Waals surface area contributed by atoms with Crippen LogP contribution in [0.2, 0.25) is 0 Å². The first-order valence-corrected chi connectivity index (χ1v) is 11.8. The second kappa shape index (κ2) is 9.29. The molecule has 33 heavy (non-hydrogen) atoms. The molecule has 0 unspecified atom stereocenters. The largest absolute Gasteiger partial charge is 0.356 e. The van der Waals surface area contributed by atoms with Crippen LogP contribution in [0.1, 0.15) is 64.0 Å². The molecule has 1 fully saturated rings. The highest BCUT2D eigenvalue weighted by atomic mass is 16.6.